The highest BCUT2D eigenvalue weighted by Crippen LogP contribution is 2.07. The molecule has 1 rings (SSSR count). The number of nitrogens with one attached hydrogen (secondary N) is 2. The van der Waals surface area contributed by atoms with Crippen LogP contribution in [0.5, 0.6) is 0 Å². The zero-order valence-electron chi connectivity index (χ0n) is 10.4. The lowest BCUT2D eigenvalue weighted by Gasteiger charge is -2.30. The molecule has 6 heteroatoms. The van der Waals surface area contributed by atoms with Gasteiger partial charge in [-0.25, -0.2) is 9.59 Å². The van der Waals surface area contributed by atoms with Gasteiger partial charge in [-0.2, -0.15) is 0 Å². The normalized spacial score (nSPS) is 22.8. The topological polar surface area (TPSA) is 81.7 Å². The maximum atomic E-state index is 11.6. The van der Waals surface area contributed by atoms with Gasteiger partial charge >= 0.3 is 12.0 Å². The number of hydrogen-bond acceptors (Lipinski definition) is 3. The molecule has 1 aliphatic heterocycles. The number of hydrogen-bond donors (Lipinski definition) is 3. The minimum absolute atomic E-state index is 0.111. The second-order valence-corrected chi connectivity index (χ2v) is 4.52. The largest absolute Gasteiger partial charge is 0.480 e. The van der Waals surface area contributed by atoms with E-state index in [1.807, 2.05) is 7.05 Å². The second kappa shape index (κ2) is 6.44. The molecule has 0 bridgehead atoms. The van der Waals surface area contributed by atoms with Gasteiger partial charge in [0.15, 0.2) is 0 Å². The molecule has 3 N–H and O–H groups in total. The first-order chi connectivity index (χ1) is 8.02. The number of likely N-dealkylation sites (N-methyl/N-ethyl adjacent to an activating group) is 1. The van der Waals surface area contributed by atoms with Crippen LogP contribution in [0, 0.1) is 0 Å². The van der Waals surface area contributed by atoms with E-state index in [9.17, 15) is 9.59 Å². The van der Waals surface area contributed by atoms with Crippen molar-refractivity contribution >= 4 is 12.0 Å². The lowest BCUT2D eigenvalue weighted by molar-refractivity contribution is -0.139. The third-order valence-corrected chi connectivity index (χ3v) is 2.97. The molecule has 6 nitrogen and oxygen atoms in total. The van der Waals surface area contributed by atoms with Crippen LogP contribution in [0.4, 0.5) is 4.79 Å². The summed E-state index contributed by atoms with van der Waals surface area (Å²) in [5.74, 6) is -0.997. The van der Waals surface area contributed by atoms with Crippen LogP contribution in [-0.2, 0) is 4.79 Å². The van der Waals surface area contributed by atoms with E-state index in [4.69, 9.17) is 5.11 Å². The Morgan fingerprint density at radius 2 is 2.24 bits per heavy atom. The van der Waals surface area contributed by atoms with Crippen LogP contribution >= 0.6 is 0 Å². The van der Waals surface area contributed by atoms with Crippen LogP contribution in [0.15, 0.2) is 0 Å². The molecule has 1 fully saturated rings. The summed E-state index contributed by atoms with van der Waals surface area (Å²) in [7, 11) is 2.01. The molecule has 1 heterocycles. The predicted molar refractivity (Wildman–Crippen MR) is 63.9 cm³/mol. The molecule has 17 heavy (non-hydrogen) atoms. The predicted octanol–water partition coefficient (Wildman–Crippen LogP) is 0.243. The quantitative estimate of drug-likeness (QED) is 0.661. The number of likely N-dealkylation sites (tertiary alicyclic amines) is 1. The molecule has 1 unspecified atom stereocenters. The average Bonchev–Trinajstić information content (AvgIpc) is 2.25. The van der Waals surface area contributed by atoms with Crippen molar-refractivity contribution in [3.8, 4) is 0 Å². The first-order valence-electron chi connectivity index (χ1n) is 6.01. The van der Waals surface area contributed by atoms with E-state index in [0.29, 0.717) is 6.42 Å². The Balaban J connectivity index is 2.35. The summed E-state index contributed by atoms with van der Waals surface area (Å²) in [6, 6.07) is -1.09. The van der Waals surface area contributed by atoms with E-state index < -0.39 is 12.0 Å². The van der Waals surface area contributed by atoms with Crippen molar-refractivity contribution in [2.24, 2.45) is 0 Å². The van der Waals surface area contributed by atoms with Crippen molar-refractivity contribution < 1.29 is 14.7 Å². The first-order valence-corrected chi connectivity index (χ1v) is 6.01. The van der Waals surface area contributed by atoms with E-state index in [1.54, 1.807) is 6.92 Å². The van der Waals surface area contributed by atoms with Gasteiger partial charge in [0.2, 0.25) is 0 Å². The van der Waals surface area contributed by atoms with Crippen molar-refractivity contribution in [2.45, 2.75) is 38.3 Å². The molecule has 2 amide bonds. The molecule has 0 aromatic carbocycles. The van der Waals surface area contributed by atoms with Gasteiger partial charge in [-0.15, -0.1) is 0 Å². The molecule has 0 aromatic heterocycles. The summed E-state index contributed by atoms with van der Waals surface area (Å²) in [5.41, 5.74) is 0. The second-order valence-electron chi connectivity index (χ2n) is 4.52. The molecule has 0 spiro atoms. The number of urea groups is 1. The number of amides is 2. The molecular weight excluding hydrogens is 222 g/mol. The lowest BCUT2D eigenvalue weighted by atomic mass is 10.1. The van der Waals surface area contributed by atoms with Crippen LogP contribution in [0.1, 0.15) is 26.2 Å². The van der Waals surface area contributed by atoms with E-state index in [2.05, 4.69) is 15.5 Å². The molecular formula is C11H21N3O3. The maximum absolute atomic E-state index is 11.6. The van der Waals surface area contributed by atoms with E-state index in [1.165, 1.54) is 0 Å². The van der Waals surface area contributed by atoms with Crippen molar-refractivity contribution in [3.63, 3.8) is 0 Å². The van der Waals surface area contributed by atoms with Crippen molar-refractivity contribution in [1.29, 1.82) is 0 Å². The van der Waals surface area contributed by atoms with Gasteiger partial charge in [-0.3, -0.25) is 0 Å². The third kappa shape index (κ3) is 4.60. The molecule has 0 radical (unpaired) electrons. The highest BCUT2D eigenvalue weighted by Gasteiger charge is 2.22. The maximum Gasteiger partial charge on any atom is 0.326 e. The van der Waals surface area contributed by atoms with Crippen molar-refractivity contribution in [2.75, 3.05) is 20.1 Å². The zero-order chi connectivity index (χ0) is 12.8. The van der Waals surface area contributed by atoms with E-state index in [-0.39, 0.29) is 12.1 Å². The number of carbonyl (C=O) groups is 2. The summed E-state index contributed by atoms with van der Waals surface area (Å²) in [4.78, 5) is 24.5. The number of rotatable bonds is 4. The number of nitrogens with zero attached hydrogens (tertiary/aromatic N) is 1. The van der Waals surface area contributed by atoms with Crippen molar-refractivity contribution in [3.05, 3.63) is 0 Å². The summed E-state index contributed by atoms with van der Waals surface area (Å²) < 4.78 is 0. The van der Waals surface area contributed by atoms with E-state index >= 15 is 0 Å². The SMILES string of the molecule is CC[C@H](NC(=O)NC1CCCN(C)C1)C(=O)O. The minimum Gasteiger partial charge on any atom is -0.480 e. The molecule has 0 aliphatic carbocycles. The Kier molecular flexibility index (Phi) is 5.21. The van der Waals surface area contributed by atoms with Gasteiger partial charge in [0.05, 0.1) is 0 Å². The summed E-state index contributed by atoms with van der Waals surface area (Å²) in [6.45, 7) is 3.59. The van der Waals surface area contributed by atoms with Crippen LogP contribution in [0.3, 0.4) is 0 Å². The van der Waals surface area contributed by atoms with Crippen LogP contribution in [-0.4, -0.2) is 54.2 Å². The molecule has 1 aliphatic rings. The third-order valence-electron chi connectivity index (χ3n) is 2.97. The van der Waals surface area contributed by atoms with Gasteiger partial charge < -0.3 is 20.6 Å². The van der Waals surface area contributed by atoms with Gasteiger partial charge in [-0.1, -0.05) is 6.92 Å². The number of carboxylic acid groups (broad SMARTS) is 1. The Hall–Kier alpha value is -1.30. The van der Waals surface area contributed by atoms with Gasteiger partial charge in [0.25, 0.3) is 0 Å². The Morgan fingerprint density at radius 1 is 1.53 bits per heavy atom. The molecule has 2 atom stereocenters. The Labute approximate surface area is 101 Å². The molecule has 98 valence electrons. The Morgan fingerprint density at radius 3 is 2.76 bits per heavy atom. The monoisotopic (exact) mass is 243 g/mol. The van der Waals surface area contributed by atoms with Crippen LogP contribution in [0.2, 0.25) is 0 Å². The zero-order valence-corrected chi connectivity index (χ0v) is 10.4. The standard InChI is InChI=1S/C11H21N3O3/c1-3-9(10(15)16)13-11(17)12-8-5-4-6-14(2)7-8/h8-9H,3-7H2,1-2H3,(H,15,16)(H2,12,13,17)/t8?,9-/m0/s1. The van der Waals surface area contributed by atoms with E-state index in [0.717, 1.165) is 25.9 Å². The highest BCUT2D eigenvalue weighted by molar-refractivity contribution is 5.82. The highest BCUT2D eigenvalue weighted by atomic mass is 16.4. The summed E-state index contributed by atoms with van der Waals surface area (Å²) in [5, 5.41) is 14.1. The fourth-order valence-electron chi connectivity index (χ4n) is 2.01. The van der Waals surface area contributed by atoms with Crippen molar-refractivity contribution in [1.82, 2.24) is 15.5 Å². The molecule has 0 aromatic rings. The molecule has 1 saturated heterocycles. The van der Waals surface area contributed by atoms with Crippen LogP contribution in [0.25, 0.3) is 0 Å². The number of piperidine rings is 1. The van der Waals surface area contributed by atoms with Gasteiger partial charge in [0.1, 0.15) is 6.04 Å². The first kappa shape index (κ1) is 13.8. The molecule has 0 saturated carbocycles. The fraction of sp³-hybridized carbons (Fsp3) is 0.818. The van der Waals surface area contributed by atoms with Gasteiger partial charge in [-0.05, 0) is 32.9 Å². The van der Waals surface area contributed by atoms with Gasteiger partial charge in [0, 0.05) is 12.6 Å². The summed E-state index contributed by atoms with van der Waals surface area (Å²) in [6.07, 6.45) is 2.38. The average molecular weight is 243 g/mol. The Bertz CT molecular complexity index is 283. The fourth-order valence-corrected chi connectivity index (χ4v) is 2.01. The van der Waals surface area contributed by atoms with Crippen LogP contribution < -0.4 is 10.6 Å². The number of carbonyl (C=O) groups excluding carboxylic acids is 1. The minimum atomic E-state index is -0.997. The lowest BCUT2D eigenvalue weighted by Crippen LogP contribution is -2.52. The number of aliphatic carboxylic acids is 1. The number of carboxylic acids is 1. The smallest absolute Gasteiger partial charge is 0.326 e. The summed E-state index contributed by atoms with van der Waals surface area (Å²) >= 11 is 0.